The third kappa shape index (κ3) is 9.63. The summed E-state index contributed by atoms with van der Waals surface area (Å²) in [5, 5.41) is 11.7. The average Bonchev–Trinajstić information content (AvgIpc) is 3.76. The highest BCUT2D eigenvalue weighted by Gasteiger charge is 2.48. The Morgan fingerprint density at radius 1 is 1.09 bits per heavy atom. The van der Waals surface area contributed by atoms with Crippen LogP contribution in [0.1, 0.15) is 86.6 Å². The highest BCUT2D eigenvalue weighted by molar-refractivity contribution is 5.97. The van der Waals surface area contributed by atoms with E-state index in [1.165, 1.54) is 4.90 Å². The van der Waals surface area contributed by atoms with Crippen molar-refractivity contribution >= 4 is 23.6 Å². The number of ether oxygens (including phenoxy) is 3. The normalized spacial score (nSPS) is 21.4. The van der Waals surface area contributed by atoms with Gasteiger partial charge in [-0.05, 0) is 72.1 Å². The van der Waals surface area contributed by atoms with Crippen molar-refractivity contribution in [3.8, 4) is 5.75 Å². The van der Waals surface area contributed by atoms with E-state index in [9.17, 15) is 19.5 Å². The van der Waals surface area contributed by atoms with Crippen LogP contribution in [-0.4, -0.2) is 83.4 Å². The molecule has 2 aliphatic rings. The van der Waals surface area contributed by atoms with E-state index in [2.05, 4.69) is 18.8 Å². The molecule has 43 heavy (non-hydrogen) atoms. The summed E-state index contributed by atoms with van der Waals surface area (Å²) in [7, 11) is 0. The molecule has 10 nitrogen and oxygen atoms in total. The van der Waals surface area contributed by atoms with Gasteiger partial charge in [0, 0.05) is 56.6 Å². The first-order valence-electron chi connectivity index (χ1n) is 16.0. The summed E-state index contributed by atoms with van der Waals surface area (Å²) in [4.78, 5) is 49.1. The number of rotatable bonds is 14. The molecule has 1 saturated carbocycles. The monoisotopic (exact) mass is 603 g/mol. The molecular formula is C33H53N3O7. The van der Waals surface area contributed by atoms with Crippen molar-refractivity contribution < 1.29 is 33.7 Å². The van der Waals surface area contributed by atoms with E-state index in [4.69, 9.17) is 14.2 Å². The number of carbonyl (C=O) groups is 3. The summed E-state index contributed by atoms with van der Waals surface area (Å²) in [6.07, 6.45) is 3.21. The van der Waals surface area contributed by atoms with E-state index in [0.717, 1.165) is 31.2 Å². The summed E-state index contributed by atoms with van der Waals surface area (Å²) in [5.41, 5.74) is 0.184. The molecule has 4 atom stereocenters. The van der Waals surface area contributed by atoms with Gasteiger partial charge in [0.15, 0.2) is 0 Å². The van der Waals surface area contributed by atoms with Crippen molar-refractivity contribution in [2.75, 3.05) is 37.8 Å². The van der Waals surface area contributed by atoms with E-state index in [0.29, 0.717) is 37.3 Å². The molecule has 1 aromatic heterocycles. The van der Waals surface area contributed by atoms with Crippen LogP contribution in [-0.2, 0) is 25.5 Å². The molecule has 10 heteroatoms. The number of anilines is 1. The van der Waals surface area contributed by atoms with Crippen LogP contribution in [0.3, 0.4) is 0 Å². The van der Waals surface area contributed by atoms with Crippen molar-refractivity contribution in [3.05, 3.63) is 17.8 Å². The first-order chi connectivity index (χ1) is 20.3. The van der Waals surface area contributed by atoms with Gasteiger partial charge in [-0.15, -0.1) is 0 Å². The average molecular weight is 604 g/mol. The quantitative estimate of drug-likeness (QED) is 0.314. The number of ketones is 1. The number of nitrogens with zero attached hydrogens (tertiary/aromatic N) is 3. The summed E-state index contributed by atoms with van der Waals surface area (Å²) >= 11 is 0. The lowest BCUT2D eigenvalue weighted by atomic mass is 9.79. The molecule has 0 spiro atoms. The largest absolute Gasteiger partial charge is 0.493 e. The molecule has 1 aliphatic heterocycles. The lowest BCUT2D eigenvalue weighted by Gasteiger charge is -2.42. The number of aliphatic hydroxyl groups is 1. The van der Waals surface area contributed by atoms with Gasteiger partial charge in [0.1, 0.15) is 23.0 Å². The van der Waals surface area contributed by atoms with Crippen LogP contribution < -0.4 is 9.64 Å². The number of pyridine rings is 1. The van der Waals surface area contributed by atoms with E-state index < -0.39 is 29.6 Å². The van der Waals surface area contributed by atoms with E-state index in [1.807, 2.05) is 20.8 Å². The van der Waals surface area contributed by atoms with Crippen LogP contribution >= 0.6 is 0 Å². The second-order valence-electron chi connectivity index (χ2n) is 13.3. The molecule has 2 heterocycles. The van der Waals surface area contributed by atoms with Crippen molar-refractivity contribution in [3.63, 3.8) is 0 Å². The van der Waals surface area contributed by atoms with Crippen LogP contribution in [0.2, 0.25) is 0 Å². The summed E-state index contributed by atoms with van der Waals surface area (Å²) in [5.74, 6) is -1.01. The van der Waals surface area contributed by atoms with Crippen LogP contribution in [0, 0.1) is 23.7 Å². The van der Waals surface area contributed by atoms with Gasteiger partial charge in [0.05, 0.1) is 24.5 Å². The maximum absolute atomic E-state index is 14.3. The maximum Gasteiger partial charge on any atom is 0.410 e. The number of hydrogen-bond acceptors (Lipinski definition) is 8. The second kappa shape index (κ2) is 15.3. The fourth-order valence-corrected chi connectivity index (χ4v) is 5.77. The Hall–Kier alpha value is -2.72. The van der Waals surface area contributed by atoms with Gasteiger partial charge < -0.3 is 24.2 Å². The number of carbonyl (C=O) groups excluding carboxylic acids is 3. The predicted molar refractivity (Wildman–Crippen MR) is 165 cm³/mol. The van der Waals surface area contributed by atoms with Crippen LogP contribution in [0.25, 0.3) is 0 Å². The molecule has 1 aliphatic carbocycles. The smallest absolute Gasteiger partial charge is 0.410 e. The van der Waals surface area contributed by atoms with E-state index in [-0.39, 0.29) is 43.2 Å². The first kappa shape index (κ1) is 34.8. The highest BCUT2D eigenvalue weighted by atomic mass is 16.6. The fourth-order valence-electron chi connectivity index (χ4n) is 5.77. The van der Waals surface area contributed by atoms with Gasteiger partial charge >= 0.3 is 6.09 Å². The number of Topliss-reactive ketones (excluding diaryl/α,β-unsaturated/α-hetero) is 1. The Labute approximate surface area is 257 Å². The summed E-state index contributed by atoms with van der Waals surface area (Å²) in [6.45, 7) is 16.8. The van der Waals surface area contributed by atoms with Crippen LogP contribution in [0.5, 0.6) is 5.75 Å². The van der Waals surface area contributed by atoms with Crippen molar-refractivity contribution in [1.82, 2.24) is 9.88 Å². The molecule has 1 saturated heterocycles. The molecule has 1 aromatic rings. The Morgan fingerprint density at radius 2 is 1.77 bits per heavy atom. The third-order valence-electron chi connectivity index (χ3n) is 7.90. The maximum atomic E-state index is 14.3. The Bertz CT molecular complexity index is 1100. The highest BCUT2D eigenvalue weighted by Crippen LogP contribution is 2.37. The summed E-state index contributed by atoms with van der Waals surface area (Å²) in [6, 6.07) is 1.72. The second-order valence-corrected chi connectivity index (χ2v) is 13.3. The number of likely N-dealkylation sites (tertiary alicyclic amines) is 1. The van der Waals surface area contributed by atoms with Gasteiger partial charge in [-0.25, -0.2) is 9.78 Å². The van der Waals surface area contributed by atoms with E-state index >= 15 is 0 Å². The molecule has 0 unspecified atom stereocenters. The summed E-state index contributed by atoms with van der Waals surface area (Å²) < 4.78 is 17.2. The molecule has 242 valence electrons. The van der Waals surface area contributed by atoms with E-state index in [1.54, 1.807) is 37.9 Å². The minimum absolute atomic E-state index is 0.0108. The lowest BCUT2D eigenvalue weighted by Crippen LogP contribution is -2.59. The minimum atomic E-state index is -1.26. The van der Waals surface area contributed by atoms with Crippen LogP contribution in [0.4, 0.5) is 10.6 Å². The third-order valence-corrected chi connectivity index (χ3v) is 7.90. The molecular weight excluding hydrogens is 550 g/mol. The Morgan fingerprint density at radius 3 is 2.33 bits per heavy atom. The number of piperidine rings is 1. The van der Waals surface area contributed by atoms with Gasteiger partial charge in [0.25, 0.3) is 0 Å². The molecule has 3 rings (SSSR count). The number of hydrogen-bond donors (Lipinski definition) is 1. The van der Waals surface area contributed by atoms with Gasteiger partial charge in [0.2, 0.25) is 5.91 Å². The zero-order chi connectivity index (χ0) is 31.9. The van der Waals surface area contributed by atoms with Crippen molar-refractivity contribution in [2.45, 2.75) is 105 Å². The zero-order valence-corrected chi connectivity index (χ0v) is 27.4. The van der Waals surface area contributed by atoms with Gasteiger partial charge in [-0.3, -0.25) is 14.5 Å². The minimum Gasteiger partial charge on any atom is -0.493 e. The molecule has 0 bridgehead atoms. The number of amides is 2. The Kier molecular flexibility index (Phi) is 12.4. The molecule has 2 amide bonds. The molecule has 0 aromatic carbocycles. The van der Waals surface area contributed by atoms with Crippen LogP contribution in [0.15, 0.2) is 12.3 Å². The predicted octanol–water partition coefficient (Wildman–Crippen LogP) is 5.04. The first-order valence-corrected chi connectivity index (χ1v) is 16.0. The molecule has 2 fully saturated rings. The van der Waals surface area contributed by atoms with Gasteiger partial charge in [-0.1, -0.05) is 20.8 Å². The Balaban J connectivity index is 1.94. The number of aliphatic hydroxyl groups excluding tert-OH is 1. The molecule has 0 radical (unpaired) electrons. The zero-order valence-electron chi connectivity index (χ0n) is 27.4. The topological polar surface area (TPSA) is 118 Å². The van der Waals surface area contributed by atoms with Crippen molar-refractivity contribution in [1.29, 1.82) is 0 Å². The fraction of sp³-hybridized carbons (Fsp3) is 0.758. The lowest BCUT2D eigenvalue weighted by molar-refractivity contribution is -0.140. The standard InChI is InChI=1S/C33H53N3O7/c1-9-23-17-34-29(16-28(23)42-11-3)36(24-12-13-24)31(39)26-19-35(32(40)43-33(6,7)8)18-25(30(26)38)27(37)15-22(14-21(4)5)20-41-10-2/h16-17,21-22,24-26,30,38H,9-15,18-20H2,1-8H3/t22-,25-,26-,30+/m0/s1. The number of aryl methyl sites for hydroxylation is 1. The number of aromatic nitrogens is 1. The van der Waals surface area contributed by atoms with Crippen molar-refractivity contribution in [2.24, 2.45) is 23.7 Å². The SMILES string of the molecule is CCOC[C@H](CC(=O)[C@@H]1CN(C(=O)OC(C)(C)C)C[C@H](C(=O)N(c2cc(OCC)c(CC)cn2)C2CC2)[C@@H]1O)CC(C)C. The molecule has 1 N–H and O–H groups in total. The van der Waals surface area contributed by atoms with Gasteiger partial charge in [-0.2, -0.15) is 0 Å².